The molecule has 0 aliphatic carbocycles. The number of aromatic carboxylic acids is 1. The summed E-state index contributed by atoms with van der Waals surface area (Å²) in [5.41, 5.74) is 0. The maximum atomic E-state index is 11.8. The van der Waals surface area contributed by atoms with E-state index in [9.17, 15) is 9.59 Å². The SMILES string of the molecule is CCc1cnc(CNC(=O)c2ccc(C(=O)O)s2)o1. The smallest absolute Gasteiger partial charge is 0.345 e. The van der Waals surface area contributed by atoms with E-state index in [1.165, 1.54) is 12.1 Å². The van der Waals surface area contributed by atoms with Crippen LogP contribution in [0.2, 0.25) is 0 Å². The fraction of sp³-hybridized carbons (Fsp3) is 0.250. The number of hydrogen-bond acceptors (Lipinski definition) is 5. The number of carboxylic acids is 1. The van der Waals surface area contributed by atoms with Crippen molar-refractivity contribution in [2.45, 2.75) is 19.9 Å². The number of hydrogen-bond donors (Lipinski definition) is 2. The quantitative estimate of drug-likeness (QED) is 0.873. The number of amides is 1. The second-order valence-electron chi connectivity index (χ2n) is 3.73. The molecule has 0 saturated heterocycles. The monoisotopic (exact) mass is 280 g/mol. The Morgan fingerprint density at radius 2 is 2.16 bits per heavy atom. The lowest BCUT2D eigenvalue weighted by molar-refractivity contribution is 0.0702. The summed E-state index contributed by atoms with van der Waals surface area (Å²) in [5.74, 6) is -0.188. The summed E-state index contributed by atoms with van der Waals surface area (Å²) in [4.78, 5) is 27.0. The van der Waals surface area contributed by atoms with Crippen LogP contribution in [0.25, 0.3) is 0 Å². The largest absolute Gasteiger partial charge is 0.477 e. The highest BCUT2D eigenvalue weighted by molar-refractivity contribution is 7.15. The number of carboxylic acid groups (broad SMARTS) is 1. The lowest BCUT2D eigenvalue weighted by Crippen LogP contribution is -2.21. The topological polar surface area (TPSA) is 92.4 Å². The van der Waals surface area contributed by atoms with Gasteiger partial charge in [-0.05, 0) is 12.1 Å². The minimum Gasteiger partial charge on any atom is -0.477 e. The zero-order chi connectivity index (χ0) is 13.8. The summed E-state index contributed by atoms with van der Waals surface area (Å²) in [7, 11) is 0. The highest BCUT2D eigenvalue weighted by Gasteiger charge is 2.13. The zero-order valence-corrected chi connectivity index (χ0v) is 11.0. The van der Waals surface area contributed by atoms with Crippen molar-refractivity contribution in [1.82, 2.24) is 10.3 Å². The molecule has 2 aromatic rings. The van der Waals surface area contributed by atoms with Crippen molar-refractivity contribution in [2.75, 3.05) is 0 Å². The highest BCUT2D eigenvalue weighted by Crippen LogP contribution is 2.16. The minimum atomic E-state index is -1.04. The number of aromatic nitrogens is 1. The number of nitrogens with one attached hydrogen (secondary N) is 1. The predicted molar refractivity (Wildman–Crippen MR) is 68.3 cm³/mol. The van der Waals surface area contributed by atoms with Gasteiger partial charge in [-0.15, -0.1) is 11.3 Å². The molecule has 0 radical (unpaired) electrons. The lowest BCUT2D eigenvalue weighted by Gasteiger charge is -1.99. The summed E-state index contributed by atoms with van der Waals surface area (Å²) >= 11 is 0.931. The van der Waals surface area contributed by atoms with Crippen molar-refractivity contribution in [2.24, 2.45) is 0 Å². The summed E-state index contributed by atoms with van der Waals surface area (Å²) in [6, 6.07) is 2.89. The van der Waals surface area contributed by atoms with E-state index in [1.54, 1.807) is 6.20 Å². The van der Waals surface area contributed by atoms with Gasteiger partial charge < -0.3 is 14.8 Å². The van der Waals surface area contributed by atoms with Crippen molar-refractivity contribution in [3.63, 3.8) is 0 Å². The van der Waals surface area contributed by atoms with Gasteiger partial charge in [0.1, 0.15) is 10.6 Å². The molecule has 0 bridgehead atoms. The van der Waals surface area contributed by atoms with Crippen LogP contribution in [0.5, 0.6) is 0 Å². The van der Waals surface area contributed by atoms with Crippen LogP contribution in [-0.4, -0.2) is 22.0 Å². The number of oxazole rings is 1. The third-order valence-electron chi connectivity index (χ3n) is 2.39. The Bertz CT molecular complexity index is 602. The molecule has 2 heterocycles. The van der Waals surface area contributed by atoms with Crippen LogP contribution in [0.1, 0.15) is 37.9 Å². The van der Waals surface area contributed by atoms with Crippen LogP contribution < -0.4 is 5.32 Å². The Labute approximate surface area is 113 Å². The molecule has 7 heteroatoms. The average molecular weight is 280 g/mol. The molecule has 2 N–H and O–H groups in total. The molecule has 0 atom stereocenters. The maximum absolute atomic E-state index is 11.8. The first-order chi connectivity index (χ1) is 9.10. The fourth-order valence-electron chi connectivity index (χ4n) is 1.41. The van der Waals surface area contributed by atoms with E-state index in [2.05, 4.69) is 10.3 Å². The highest BCUT2D eigenvalue weighted by atomic mass is 32.1. The van der Waals surface area contributed by atoms with Gasteiger partial charge in [0.05, 0.1) is 17.6 Å². The first-order valence-electron chi connectivity index (χ1n) is 5.65. The van der Waals surface area contributed by atoms with Crippen LogP contribution >= 0.6 is 11.3 Å². The number of carbonyl (C=O) groups excluding carboxylic acids is 1. The van der Waals surface area contributed by atoms with Crippen LogP contribution in [0.4, 0.5) is 0 Å². The van der Waals surface area contributed by atoms with E-state index in [0.29, 0.717) is 10.8 Å². The van der Waals surface area contributed by atoms with Crippen LogP contribution in [0, 0.1) is 0 Å². The Hall–Kier alpha value is -2.15. The van der Waals surface area contributed by atoms with Gasteiger partial charge in [-0.1, -0.05) is 6.92 Å². The lowest BCUT2D eigenvalue weighted by atomic mass is 10.4. The van der Waals surface area contributed by atoms with E-state index in [1.807, 2.05) is 6.92 Å². The maximum Gasteiger partial charge on any atom is 0.345 e. The van der Waals surface area contributed by atoms with Crippen molar-refractivity contribution in [3.05, 3.63) is 39.7 Å². The summed E-state index contributed by atoms with van der Waals surface area (Å²) in [6.07, 6.45) is 2.36. The van der Waals surface area contributed by atoms with Crippen molar-refractivity contribution >= 4 is 23.2 Å². The average Bonchev–Trinajstić information content (AvgIpc) is 3.04. The van der Waals surface area contributed by atoms with E-state index in [0.717, 1.165) is 23.5 Å². The normalized spacial score (nSPS) is 10.4. The van der Waals surface area contributed by atoms with Crippen LogP contribution in [-0.2, 0) is 13.0 Å². The fourth-order valence-corrected chi connectivity index (χ4v) is 2.17. The number of rotatable bonds is 5. The summed E-state index contributed by atoms with van der Waals surface area (Å²) in [5, 5.41) is 11.4. The third-order valence-corrected chi connectivity index (χ3v) is 3.46. The number of thiophene rings is 1. The first-order valence-corrected chi connectivity index (χ1v) is 6.46. The van der Waals surface area contributed by atoms with Gasteiger partial charge in [0.2, 0.25) is 5.89 Å². The number of aryl methyl sites for hydroxylation is 1. The van der Waals surface area contributed by atoms with Crippen molar-refractivity contribution < 1.29 is 19.1 Å². The Morgan fingerprint density at radius 3 is 2.74 bits per heavy atom. The van der Waals surface area contributed by atoms with Gasteiger partial charge >= 0.3 is 5.97 Å². The number of nitrogens with zero attached hydrogens (tertiary/aromatic N) is 1. The molecule has 0 spiro atoms. The second kappa shape index (κ2) is 5.66. The molecule has 0 saturated carbocycles. The van der Waals surface area contributed by atoms with Gasteiger partial charge in [-0.2, -0.15) is 0 Å². The standard InChI is InChI=1S/C12H12N2O4S/c1-2-7-5-13-10(18-7)6-14-11(15)8-3-4-9(19-8)12(16)17/h3-5H,2,6H2,1H3,(H,14,15)(H,16,17). The van der Waals surface area contributed by atoms with E-state index in [4.69, 9.17) is 9.52 Å². The van der Waals surface area contributed by atoms with E-state index < -0.39 is 5.97 Å². The summed E-state index contributed by atoms with van der Waals surface area (Å²) < 4.78 is 5.35. The van der Waals surface area contributed by atoms with E-state index >= 15 is 0 Å². The van der Waals surface area contributed by atoms with Crippen molar-refractivity contribution in [1.29, 1.82) is 0 Å². The van der Waals surface area contributed by atoms with Gasteiger partial charge in [0.25, 0.3) is 5.91 Å². The molecule has 0 aliphatic heterocycles. The molecule has 0 fully saturated rings. The van der Waals surface area contributed by atoms with Gasteiger partial charge in [0, 0.05) is 6.42 Å². The van der Waals surface area contributed by atoms with Gasteiger partial charge in [-0.3, -0.25) is 4.79 Å². The molecule has 100 valence electrons. The van der Waals surface area contributed by atoms with Crippen molar-refractivity contribution in [3.8, 4) is 0 Å². The number of carbonyl (C=O) groups is 2. The van der Waals surface area contributed by atoms with Crippen LogP contribution in [0.15, 0.2) is 22.7 Å². The molecule has 6 nitrogen and oxygen atoms in total. The third kappa shape index (κ3) is 3.19. The molecule has 19 heavy (non-hydrogen) atoms. The van der Waals surface area contributed by atoms with Gasteiger partial charge in [-0.25, -0.2) is 9.78 Å². The Kier molecular flexibility index (Phi) is 3.96. The Balaban J connectivity index is 1.95. The van der Waals surface area contributed by atoms with Crippen LogP contribution in [0.3, 0.4) is 0 Å². The molecule has 1 amide bonds. The minimum absolute atomic E-state index is 0.134. The molecule has 0 aromatic carbocycles. The molecular formula is C12H12N2O4S. The zero-order valence-electron chi connectivity index (χ0n) is 10.2. The summed E-state index contributed by atoms with van der Waals surface area (Å²) in [6.45, 7) is 2.13. The molecule has 0 aliphatic rings. The van der Waals surface area contributed by atoms with Gasteiger partial charge in [0.15, 0.2) is 0 Å². The molecule has 2 rings (SSSR count). The first kappa shape index (κ1) is 13.3. The molecule has 0 unspecified atom stereocenters. The van der Waals surface area contributed by atoms with E-state index in [-0.39, 0.29) is 17.3 Å². The molecule has 2 aromatic heterocycles. The second-order valence-corrected chi connectivity index (χ2v) is 4.81. The molecular weight excluding hydrogens is 268 g/mol. The predicted octanol–water partition coefficient (Wildman–Crippen LogP) is 1.93. The Morgan fingerprint density at radius 1 is 1.42 bits per heavy atom.